The van der Waals surface area contributed by atoms with Crippen molar-refractivity contribution in [2.75, 3.05) is 19.6 Å². The number of piperidine rings is 1. The van der Waals surface area contributed by atoms with Gasteiger partial charge in [-0.1, -0.05) is 36.4 Å². The highest BCUT2D eigenvalue weighted by atomic mass is 16.2. The summed E-state index contributed by atoms with van der Waals surface area (Å²) < 4.78 is 0. The maximum atomic E-state index is 12.7. The van der Waals surface area contributed by atoms with Crippen LogP contribution in [0.4, 0.5) is 0 Å². The number of hydrogen-bond donors (Lipinski definition) is 0. The van der Waals surface area contributed by atoms with E-state index >= 15 is 0 Å². The zero-order valence-corrected chi connectivity index (χ0v) is 13.5. The highest BCUT2D eigenvalue weighted by Gasteiger charge is 2.45. The smallest absolute Gasteiger partial charge is 0.254 e. The van der Waals surface area contributed by atoms with Crippen molar-refractivity contribution in [3.63, 3.8) is 0 Å². The van der Waals surface area contributed by atoms with E-state index in [1.807, 2.05) is 70.5 Å². The quantitative estimate of drug-likeness (QED) is 0.853. The summed E-state index contributed by atoms with van der Waals surface area (Å²) in [7, 11) is 0. The lowest BCUT2D eigenvalue weighted by Gasteiger charge is -2.53. The van der Waals surface area contributed by atoms with E-state index in [2.05, 4.69) is 0 Å². The fourth-order valence-corrected chi connectivity index (χ4v) is 3.72. The highest BCUT2D eigenvalue weighted by Crippen LogP contribution is 2.34. The molecule has 2 amide bonds. The summed E-state index contributed by atoms with van der Waals surface area (Å²) in [5.41, 5.74) is 1.44. The number of rotatable bonds is 2. The third-order valence-corrected chi connectivity index (χ3v) is 5.14. The molecule has 2 aromatic rings. The van der Waals surface area contributed by atoms with Gasteiger partial charge in [0.2, 0.25) is 0 Å². The molecule has 2 aliphatic heterocycles. The summed E-state index contributed by atoms with van der Waals surface area (Å²) in [5, 5.41) is 0. The van der Waals surface area contributed by atoms with Crippen LogP contribution in [-0.2, 0) is 0 Å². The fraction of sp³-hybridized carbons (Fsp3) is 0.300. The molecule has 0 N–H and O–H groups in total. The minimum absolute atomic E-state index is 0.0630. The van der Waals surface area contributed by atoms with Crippen LogP contribution in [0.15, 0.2) is 60.7 Å². The van der Waals surface area contributed by atoms with Gasteiger partial charge in [-0.15, -0.1) is 0 Å². The molecule has 0 saturated carbocycles. The van der Waals surface area contributed by atoms with E-state index in [0.29, 0.717) is 12.5 Å². The predicted octanol–water partition coefficient (Wildman–Crippen LogP) is 2.67. The Hall–Kier alpha value is -2.62. The van der Waals surface area contributed by atoms with Gasteiger partial charge in [0.15, 0.2) is 0 Å². The number of fused-ring (bicyclic) bond motifs is 1. The number of amides is 2. The van der Waals surface area contributed by atoms with Gasteiger partial charge < -0.3 is 9.80 Å². The molecule has 0 aromatic heterocycles. The van der Waals surface area contributed by atoms with E-state index < -0.39 is 0 Å². The van der Waals surface area contributed by atoms with E-state index in [9.17, 15) is 9.59 Å². The summed E-state index contributed by atoms with van der Waals surface area (Å²) in [4.78, 5) is 29.1. The topological polar surface area (TPSA) is 40.6 Å². The Bertz CT molecular complexity index is 693. The first-order valence-corrected chi connectivity index (χ1v) is 8.44. The Morgan fingerprint density at radius 3 is 2.00 bits per heavy atom. The largest absolute Gasteiger partial charge is 0.337 e. The molecule has 4 heteroatoms. The van der Waals surface area contributed by atoms with Crippen molar-refractivity contribution < 1.29 is 9.59 Å². The maximum absolute atomic E-state index is 12.7. The van der Waals surface area contributed by atoms with Crippen molar-refractivity contribution in [1.29, 1.82) is 0 Å². The minimum Gasteiger partial charge on any atom is -0.337 e. The van der Waals surface area contributed by atoms with Gasteiger partial charge in [-0.3, -0.25) is 9.59 Å². The van der Waals surface area contributed by atoms with Crippen molar-refractivity contribution in [3.05, 3.63) is 71.8 Å². The van der Waals surface area contributed by atoms with Crippen molar-refractivity contribution in [3.8, 4) is 0 Å². The molecule has 2 aliphatic rings. The standard InChI is InChI=1S/C20H20N2O2/c23-19(15-7-3-1-4-8-15)21-12-11-17-13-22(18(17)14-21)20(24)16-9-5-2-6-10-16/h1-10,17-18H,11-14H2/t17-,18-/m1/s1. The summed E-state index contributed by atoms with van der Waals surface area (Å²) in [6.45, 7) is 2.23. The minimum atomic E-state index is 0.0630. The second-order valence-corrected chi connectivity index (χ2v) is 6.56. The van der Waals surface area contributed by atoms with Crippen LogP contribution in [0.3, 0.4) is 0 Å². The number of carbonyl (C=O) groups is 2. The molecule has 2 aromatic carbocycles. The second-order valence-electron chi connectivity index (χ2n) is 6.56. The summed E-state index contributed by atoms with van der Waals surface area (Å²) in [6, 6.07) is 18.9. The van der Waals surface area contributed by atoms with E-state index in [-0.39, 0.29) is 17.9 Å². The number of nitrogens with zero attached hydrogens (tertiary/aromatic N) is 2. The van der Waals surface area contributed by atoms with E-state index in [0.717, 1.165) is 30.6 Å². The first kappa shape index (κ1) is 14.9. The van der Waals surface area contributed by atoms with E-state index in [1.54, 1.807) is 0 Å². The molecule has 2 heterocycles. The van der Waals surface area contributed by atoms with E-state index in [1.165, 1.54) is 0 Å². The molecule has 4 rings (SSSR count). The van der Waals surface area contributed by atoms with Crippen LogP contribution >= 0.6 is 0 Å². The average Bonchev–Trinajstić information content (AvgIpc) is 2.63. The molecule has 4 nitrogen and oxygen atoms in total. The molecule has 2 fully saturated rings. The van der Waals surface area contributed by atoms with Gasteiger partial charge in [0.25, 0.3) is 11.8 Å². The maximum Gasteiger partial charge on any atom is 0.254 e. The van der Waals surface area contributed by atoms with Gasteiger partial charge in [-0.05, 0) is 30.7 Å². The third-order valence-electron chi connectivity index (χ3n) is 5.14. The number of benzene rings is 2. The molecule has 0 radical (unpaired) electrons. The number of carbonyl (C=O) groups excluding carboxylic acids is 2. The van der Waals surface area contributed by atoms with Gasteiger partial charge in [-0.25, -0.2) is 0 Å². The summed E-state index contributed by atoms with van der Waals surface area (Å²) >= 11 is 0. The van der Waals surface area contributed by atoms with Crippen LogP contribution in [0.25, 0.3) is 0 Å². The van der Waals surface area contributed by atoms with Gasteiger partial charge in [0, 0.05) is 36.7 Å². The van der Waals surface area contributed by atoms with Gasteiger partial charge in [-0.2, -0.15) is 0 Å². The van der Waals surface area contributed by atoms with Gasteiger partial charge in [0.05, 0.1) is 6.04 Å². The average molecular weight is 320 g/mol. The first-order valence-electron chi connectivity index (χ1n) is 8.44. The SMILES string of the molecule is O=C(c1ccccc1)N1CC[C@@H]2CN(C(=O)c3ccccc3)[C@@H]2C1. The molecular weight excluding hydrogens is 300 g/mol. The molecule has 2 atom stereocenters. The molecule has 0 aliphatic carbocycles. The van der Waals surface area contributed by atoms with Crippen molar-refractivity contribution in [1.82, 2.24) is 9.80 Å². The van der Waals surface area contributed by atoms with Crippen LogP contribution < -0.4 is 0 Å². The van der Waals surface area contributed by atoms with Crippen LogP contribution in [0, 0.1) is 5.92 Å². The van der Waals surface area contributed by atoms with Crippen LogP contribution in [-0.4, -0.2) is 47.3 Å². The van der Waals surface area contributed by atoms with Gasteiger partial charge in [0.1, 0.15) is 0 Å². The number of hydrogen-bond acceptors (Lipinski definition) is 2. The van der Waals surface area contributed by atoms with Crippen LogP contribution in [0.2, 0.25) is 0 Å². The summed E-state index contributed by atoms with van der Waals surface area (Å²) in [6.07, 6.45) is 0.974. The fourth-order valence-electron chi connectivity index (χ4n) is 3.72. The Morgan fingerprint density at radius 1 is 0.792 bits per heavy atom. The third kappa shape index (κ3) is 2.58. The Labute approximate surface area is 141 Å². The molecule has 0 bridgehead atoms. The second kappa shape index (κ2) is 6.11. The molecule has 0 unspecified atom stereocenters. The Morgan fingerprint density at radius 2 is 1.38 bits per heavy atom. The van der Waals surface area contributed by atoms with Crippen LogP contribution in [0.5, 0.6) is 0 Å². The molecule has 0 spiro atoms. The molecule has 2 saturated heterocycles. The zero-order chi connectivity index (χ0) is 16.5. The number of likely N-dealkylation sites (tertiary alicyclic amines) is 2. The lowest BCUT2D eigenvalue weighted by molar-refractivity contribution is -0.0235. The van der Waals surface area contributed by atoms with Crippen molar-refractivity contribution in [2.45, 2.75) is 12.5 Å². The zero-order valence-electron chi connectivity index (χ0n) is 13.5. The molecular formula is C20H20N2O2. The first-order chi connectivity index (χ1) is 11.7. The van der Waals surface area contributed by atoms with Crippen molar-refractivity contribution in [2.24, 2.45) is 5.92 Å². The Kier molecular flexibility index (Phi) is 3.81. The summed E-state index contributed by atoms with van der Waals surface area (Å²) in [5.74, 6) is 0.663. The lowest BCUT2D eigenvalue weighted by Crippen LogP contribution is -2.66. The molecule has 122 valence electrons. The monoisotopic (exact) mass is 320 g/mol. The molecule has 24 heavy (non-hydrogen) atoms. The van der Waals surface area contributed by atoms with Crippen LogP contribution in [0.1, 0.15) is 27.1 Å². The van der Waals surface area contributed by atoms with E-state index in [4.69, 9.17) is 0 Å². The Balaban J connectivity index is 1.47. The van der Waals surface area contributed by atoms with Gasteiger partial charge >= 0.3 is 0 Å². The predicted molar refractivity (Wildman–Crippen MR) is 91.7 cm³/mol. The lowest BCUT2D eigenvalue weighted by atomic mass is 9.81. The van der Waals surface area contributed by atoms with Crippen molar-refractivity contribution >= 4 is 11.8 Å². The normalized spacial score (nSPS) is 22.5. The highest BCUT2D eigenvalue weighted by molar-refractivity contribution is 5.96.